The van der Waals surface area contributed by atoms with E-state index in [2.05, 4.69) is 20.3 Å². The Morgan fingerprint density at radius 1 is 0.957 bits per heavy atom. The van der Waals surface area contributed by atoms with Gasteiger partial charge in [0.2, 0.25) is 11.9 Å². The summed E-state index contributed by atoms with van der Waals surface area (Å²) in [6.45, 7) is 0. The molecule has 0 aliphatic heterocycles. The maximum absolute atomic E-state index is 6.19. The lowest BCUT2D eigenvalue weighted by molar-refractivity contribution is 1.08. The molecule has 0 amide bonds. The van der Waals surface area contributed by atoms with Crippen molar-refractivity contribution in [1.82, 2.24) is 15.0 Å². The first-order valence-electron chi connectivity index (χ1n) is 6.82. The van der Waals surface area contributed by atoms with Gasteiger partial charge >= 0.3 is 0 Å². The summed E-state index contributed by atoms with van der Waals surface area (Å²) in [6, 6.07) is 12.9. The summed E-state index contributed by atoms with van der Waals surface area (Å²) in [5, 5.41) is 4.12. The number of halogens is 2. The summed E-state index contributed by atoms with van der Waals surface area (Å²) in [5.74, 6) is 0.799. The second-order valence-electron chi connectivity index (χ2n) is 4.96. The van der Waals surface area contributed by atoms with Crippen LogP contribution in [0.15, 0.2) is 42.5 Å². The van der Waals surface area contributed by atoms with Crippen LogP contribution >= 0.6 is 23.2 Å². The van der Waals surface area contributed by atoms with Crippen molar-refractivity contribution in [2.24, 2.45) is 0 Å². The Labute approximate surface area is 144 Å². The summed E-state index contributed by atoms with van der Waals surface area (Å²) in [7, 11) is 2.02. The highest BCUT2D eigenvalue weighted by Gasteiger charge is 2.11. The Morgan fingerprint density at radius 3 is 2.43 bits per heavy atom. The van der Waals surface area contributed by atoms with Crippen molar-refractivity contribution in [3.05, 3.63) is 52.5 Å². The molecule has 0 aliphatic rings. The lowest BCUT2D eigenvalue weighted by atomic mass is 9.96. The number of rotatable bonds is 3. The van der Waals surface area contributed by atoms with E-state index < -0.39 is 0 Å². The molecule has 0 atom stereocenters. The molecule has 0 aliphatic carbocycles. The summed E-state index contributed by atoms with van der Waals surface area (Å²) in [4.78, 5) is 12.6. The molecule has 0 bridgehead atoms. The van der Waals surface area contributed by atoms with Gasteiger partial charge in [-0.15, -0.1) is 0 Å². The van der Waals surface area contributed by atoms with Gasteiger partial charge in [-0.05, 0) is 30.3 Å². The smallest absolute Gasteiger partial charge is 0.232 e. The molecule has 3 N–H and O–H groups in total. The summed E-state index contributed by atoms with van der Waals surface area (Å²) in [5.41, 5.74) is 8.40. The first-order valence-corrected chi connectivity index (χ1v) is 7.57. The van der Waals surface area contributed by atoms with E-state index in [-0.39, 0.29) is 5.95 Å². The van der Waals surface area contributed by atoms with Gasteiger partial charge in [-0.1, -0.05) is 40.8 Å². The molecule has 5 nitrogen and oxygen atoms in total. The first kappa shape index (κ1) is 15.6. The number of benzene rings is 2. The second kappa shape index (κ2) is 6.44. The maximum atomic E-state index is 6.19. The fourth-order valence-corrected chi connectivity index (χ4v) is 2.38. The van der Waals surface area contributed by atoms with Crippen LogP contribution < -0.4 is 16.5 Å². The molecule has 0 unspecified atom stereocenters. The number of hydrogen-bond acceptors (Lipinski definition) is 5. The molecule has 1 aromatic heterocycles. The van der Waals surface area contributed by atoms with E-state index in [4.69, 9.17) is 28.9 Å². The van der Waals surface area contributed by atoms with Gasteiger partial charge < -0.3 is 11.1 Å². The molecule has 0 saturated heterocycles. The zero-order valence-electron chi connectivity index (χ0n) is 12.2. The molecule has 0 spiro atoms. The standard InChI is InChI=1S/C15H12BCl2N5/c16-8-1-4-10(5-2-8)20-15-22-13(21-14(19)23-15)11-7-9(17)3-6-12(11)18/h1-7H,16H2,(H3,19,20,21,22,23). The Hall–Kier alpha value is -2.31. The van der Waals surface area contributed by atoms with Gasteiger partial charge in [-0.2, -0.15) is 15.0 Å². The Bertz CT molecular complexity index is 855. The lowest BCUT2D eigenvalue weighted by Gasteiger charge is -2.09. The minimum Gasteiger partial charge on any atom is -0.368 e. The number of nitrogens with zero attached hydrogens (tertiary/aromatic N) is 3. The fraction of sp³-hybridized carbons (Fsp3) is 0. The highest BCUT2D eigenvalue weighted by molar-refractivity contribution is 6.35. The summed E-state index contributed by atoms with van der Waals surface area (Å²) >= 11 is 12.2. The van der Waals surface area contributed by atoms with E-state index in [1.165, 1.54) is 0 Å². The number of anilines is 3. The molecule has 2 aromatic carbocycles. The molecular weight excluding hydrogens is 332 g/mol. The number of nitrogen functional groups attached to an aromatic ring is 1. The minimum absolute atomic E-state index is 0.0978. The van der Waals surface area contributed by atoms with E-state index in [1.807, 2.05) is 32.1 Å². The Balaban J connectivity index is 1.99. The Morgan fingerprint density at radius 2 is 1.70 bits per heavy atom. The van der Waals surface area contributed by atoms with Gasteiger partial charge in [-0.3, -0.25) is 0 Å². The van der Waals surface area contributed by atoms with Crippen LogP contribution in [0.4, 0.5) is 17.6 Å². The lowest BCUT2D eigenvalue weighted by Crippen LogP contribution is -2.06. The van der Waals surface area contributed by atoms with Crippen LogP contribution in [0.3, 0.4) is 0 Å². The van der Waals surface area contributed by atoms with Crippen LogP contribution in [0.2, 0.25) is 10.0 Å². The van der Waals surface area contributed by atoms with Crippen LogP contribution in [0.1, 0.15) is 0 Å². The molecule has 8 heteroatoms. The monoisotopic (exact) mass is 343 g/mol. The average molecular weight is 344 g/mol. The van der Waals surface area contributed by atoms with E-state index in [9.17, 15) is 0 Å². The molecule has 3 aromatic rings. The van der Waals surface area contributed by atoms with Crippen molar-refractivity contribution >= 4 is 54.1 Å². The van der Waals surface area contributed by atoms with E-state index in [0.29, 0.717) is 27.4 Å². The quantitative estimate of drug-likeness (QED) is 0.714. The summed E-state index contributed by atoms with van der Waals surface area (Å²) in [6.07, 6.45) is 0. The normalized spacial score (nSPS) is 10.5. The minimum atomic E-state index is 0.0978. The fourth-order valence-electron chi connectivity index (χ4n) is 2.00. The molecule has 0 radical (unpaired) electrons. The SMILES string of the molecule is Bc1ccc(Nc2nc(N)nc(-c3cc(Cl)ccc3Cl)n2)cc1. The molecule has 0 fully saturated rings. The molecule has 1 heterocycles. The van der Waals surface area contributed by atoms with Crippen molar-refractivity contribution < 1.29 is 0 Å². The third kappa shape index (κ3) is 3.72. The maximum Gasteiger partial charge on any atom is 0.232 e. The number of aromatic nitrogens is 3. The molecule has 3 rings (SSSR count). The first-order chi connectivity index (χ1) is 11.0. The van der Waals surface area contributed by atoms with Crippen LogP contribution in [0, 0.1) is 0 Å². The average Bonchev–Trinajstić information content (AvgIpc) is 2.51. The van der Waals surface area contributed by atoms with E-state index in [0.717, 1.165) is 11.2 Å². The van der Waals surface area contributed by atoms with Crippen LogP contribution in [-0.2, 0) is 0 Å². The van der Waals surface area contributed by atoms with Crippen LogP contribution in [0.5, 0.6) is 0 Å². The van der Waals surface area contributed by atoms with Crippen molar-refractivity contribution in [2.45, 2.75) is 0 Å². The number of nitrogens with one attached hydrogen (secondary N) is 1. The van der Waals surface area contributed by atoms with Gasteiger partial charge in [-0.25, -0.2) is 0 Å². The highest BCUT2D eigenvalue weighted by Crippen LogP contribution is 2.29. The molecule has 0 saturated carbocycles. The predicted molar refractivity (Wildman–Crippen MR) is 97.6 cm³/mol. The van der Waals surface area contributed by atoms with Gasteiger partial charge in [0.05, 0.1) is 5.02 Å². The third-order valence-corrected chi connectivity index (χ3v) is 3.69. The van der Waals surface area contributed by atoms with E-state index >= 15 is 0 Å². The van der Waals surface area contributed by atoms with Crippen molar-refractivity contribution in [3.8, 4) is 11.4 Å². The van der Waals surface area contributed by atoms with E-state index in [1.54, 1.807) is 18.2 Å². The molecule has 23 heavy (non-hydrogen) atoms. The third-order valence-electron chi connectivity index (χ3n) is 3.13. The second-order valence-corrected chi connectivity index (χ2v) is 5.80. The van der Waals surface area contributed by atoms with Crippen molar-refractivity contribution in [1.29, 1.82) is 0 Å². The largest absolute Gasteiger partial charge is 0.368 e. The van der Waals surface area contributed by atoms with Crippen LogP contribution in [0.25, 0.3) is 11.4 Å². The topological polar surface area (TPSA) is 76.7 Å². The predicted octanol–water partition coefficient (Wildman–Crippen LogP) is 2.43. The van der Waals surface area contributed by atoms with Gasteiger partial charge in [0.25, 0.3) is 0 Å². The molecular formula is C15H12BCl2N5. The van der Waals surface area contributed by atoms with Gasteiger partial charge in [0, 0.05) is 16.3 Å². The summed E-state index contributed by atoms with van der Waals surface area (Å²) < 4.78 is 0. The van der Waals surface area contributed by atoms with Crippen molar-refractivity contribution in [2.75, 3.05) is 11.1 Å². The number of hydrogen-bond donors (Lipinski definition) is 2. The van der Waals surface area contributed by atoms with Crippen LogP contribution in [-0.4, -0.2) is 22.8 Å². The van der Waals surface area contributed by atoms with Gasteiger partial charge in [0.15, 0.2) is 5.82 Å². The van der Waals surface area contributed by atoms with Crippen molar-refractivity contribution in [3.63, 3.8) is 0 Å². The number of nitrogens with two attached hydrogens (primary N) is 1. The van der Waals surface area contributed by atoms with Gasteiger partial charge in [0.1, 0.15) is 7.85 Å². The zero-order chi connectivity index (χ0) is 16.4. The molecule has 114 valence electrons. The Kier molecular flexibility index (Phi) is 4.36. The zero-order valence-corrected chi connectivity index (χ0v) is 13.7. The highest BCUT2D eigenvalue weighted by atomic mass is 35.5.